The first-order valence-electron chi connectivity index (χ1n) is 15.3. The summed E-state index contributed by atoms with van der Waals surface area (Å²) in [5, 5.41) is 20.6. The molecule has 264 valence electrons. The van der Waals surface area contributed by atoms with E-state index in [4.69, 9.17) is 5.53 Å². The highest BCUT2D eigenvalue weighted by molar-refractivity contribution is 7.89. The highest BCUT2D eigenvalue weighted by Gasteiger charge is 2.44. The Hall–Kier alpha value is -4.55. The van der Waals surface area contributed by atoms with Crippen LogP contribution in [0.2, 0.25) is 0 Å². The van der Waals surface area contributed by atoms with Gasteiger partial charge in [-0.2, -0.15) is 8.61 Å². The van der Waals surface area contributed by atoms with Crippen LogP contribution in [0, 0.1) is 0 Å². The Morgan fingerprint density at radius 2 is 1.24 bits per heavy atom. The van der Waals surface area contributed by atoms with E-state index in [1.807, 2.05) is 0 Å². The summed E-state index contributed by atoms with van der Waals surface area (Å²) in [5.41, 5.74) is 5.37. The summed E-state index contributed by atoms with van der Waals surface area (Å²) in [7, 11) is -8.73. The minimum atomic E-state index is -4.39. The number of nitrogens with one attached hydrogen (secondary N) is 3. The van der Waals surface area contributed by atoms with Gasteiger partial charge >= 0.3 is 5.97 Å². The van der Waals surface area contributed by atoms with E-state index < -0.39 is 66.9 Å². The average molecular weight is 719 g/mol. The second-order valence-corrected chi connectivity index (χ2v) is 16.4. The topological polar surface area (TPSA) is 248 Å². The number of benzene rings is 2. The van der Waals surface area contributed by atoms with E-state index in [-0.39, 0.29) is 47.1 Å². The third-order valence-corrected chi connectivity index (χ3v) is 12.2. The van der Waals surface area contributed by atoms with Crippen LogP contribution in [0.15, 0.2) is 63.4 Å². The Bertz CT molecular complexity index is 1930. The van der Waals surface area contributed by atoms with Crippen molar-refractivity contribution in [3.63, 3.8) is 0 Å². The molecule has 2 heterocycles. The third-order valence-electron chi connectivity index (χ3n) is 8.29. The van der Waals surface area contributed by atoms with Gasteiger partial charge in [0.25, 0.3) is 0 Å². The van der Waals surface area contributed by atoms with Crippen molar-refractivity contribution in [2.45, 2.75) is 86.3 Å². The Morgan fingerprint density at radius 3 is 1.73 bits per heavy atom. The Labute approximate surface area is 283 Å². The van der Waals surface area contributed by atoms with E-state index in [0.29, 0.717) is 12.8 Å². The second-order valence-electron chi connectivity index (χ2n) is 12.6. The van der Waals surface area contributed by atoms with Gasteiger partial charge in [-0.05, 0) is 83.2 Å². The summed E-state index contributed by atoms with van der Waals surface area (Å²) in [6, 6.07) is 8.60. The minimum absolute atomic E-state index is 0.00545. The molecule has 0 bridgehead atoms. The third kappa shape index (κ3) is 7.70. The number of carbonyl (C=O) groups is 4. The molecule has 49 heavy (non-hydrogen) atoms. The van der Waals surface area contributed by atoms with Crippen molar-refractivity contribution >= 4 is 55.1 Å². The molecule has 2 aromatic rings. The van der Waals surface area contributed by atoms with Crippen molar-refractivity contribution in [1.29, 1.82) is 0 Å². The fourth-order valence-electron chi connectivity index (χ4n) is 5.57. The maximum atomic E-state index is 13.9. The number of carboxylic acids is 1. The van der Waals surface area contributed by atoms with Crippen LogP contribution >= 0.6 is 0 Å². The first-order valence-corrected chi connectivity index (χ1v) is 18.2. The Kier molecular flexibility index (Phi) is 10.7. The van der Waals surface area contributed by atoms with Gasteiger partial charge in [0.15, 0.2) is 0 Å². The van der Waals surface area contributed by atoms with Crippen molar-refractivity contribution in [2.75, 3.05) is 23.7 Å². The number of anilines is 2. The first-order chi connectivity index (χ1) is 22.8. The number of carbonyl (C=O) groups excluding carboxylic acids is 3. The number of hydrogen-bond acceptors (Lipinski definition) is 9. The van der Waals surface area contributed by atoms with Gasteiger partial charge < -0.3 is 21.1 Å². The molecule has 2 aliphatic rings. The molecule has 0 aromatic heterocycles. The molecule has 2 aromatic carbocycles. The zero-order valence-corrected chi connectivity index (χ0v) is 28.9. The SMILES string of the molecule is CC(C)(N=[N+]=[N-])C(=O)Nc1ccccc1S(=O)(=O)N1CCC[C@H]1C(=O)NC(C)(C)C(=O)Nc1ccccc1S(=O)(=O)N1CCC[C@H]1C(=O)O. The summed E-state index contributed by atoms with van der Waals surface area (Å²) in [6.07, 6.45) is 0.948. The molecule has 2 saturated heterocycles. The summed E-state index contributed by atoms with van der Waals surface area (Å²) in [5.74, 6) is -3.64. The predicted molar refractivity (Wildman–Crippen MR) is 177 cm³/mol. The highest BCUT2D eigenvalue weighted by atomic mass is 32.2. The monoisotopic (exact) mass is 718 g/mol. The molecular formula is C30H38N8O9S2. The fourth-order valence-corrected chi connectivity index (χ4v) is 9.17. The molecule has 4 N–H and O–H groups in total. The molecule has 0 spiro atoms. The van der Waals surface area contributed by atoms with Crippen LogP contribution in [0.3, 0.4) is 0 Å². The summed E-state index contributed by atoms with van der Waals surface area (Å²) >= 11 is 0. The lowest BCUT2D eigenvalue weighted by molar-refractivity contribution is -0.140. The van der Waals surface area contributed by atoms with E-state index in [1.165, 1.54) is 76.2 Å². The summed E-state index contributed by atoms with van der Waals surface area (Å²) in [6.45, 7) is 5.41. The zero-order valence-electron chi connectivity index (χ0n) is 27.3. The van der Waals surface area contributed by atoms with Crippen LogP contribution in [0.1, 0.15) is 53.4 Å². The smallest absolute Gasteiger partial charge is 0.322 e. The Balaban J connectivity index is 1.53. The molecule has 2 atom stereocenters. The molecule has 3 amide bonds. The number of carboxylic acid groups (broad SMARTS) is 1. The molecule has 0 saturated carbocycles. The molecule has 0 aliphatic carbocycles. The molecular weight excluding hydrogens is 681 g/mol. The maximum Gasteiger partial charge on any atom is 0.322 e. The standard InChI is InChI=1S/C30H38N8O9S2/c1-29(2,27(42)32-19-11-5-8-16-24(19)49(46,47)38-18-10-14-22(38)26(40)41)34-25(39)21-13-9-17-37(21)48(44,45)23-15-7-6-12-20(23)33-28(43)30(3,4)35-36-31/h5-8,11-12,15-16,21-22H,9-10,13-14,17-18H2,1-4H3,(H,32,42)(H,33,43)(H,34,39)(H,40,41)/t21-,22-/m0/s1. The minimum Gasteiger partial charge on any atom is -0.480 e. The lowest BCUT2D eigenvalue weighted by Crippen LogP contribution is -2.57. The number of azide groups is 1. The van der Waals surface area contributed by atoms with Crippen molar-refractivity contribution in [3.8, 4) is 0 Å². The van der Waals surface area contributed by atoms with E-state index in [9.17, 15) is 41.1 Å². The molecule has 0 radical (unpaired) electrons. The molecule has 2 aliphatic heterocycles. The second kappa shape index (κ2) is 14.1. The molecule has 19 heteroatoms. The van der Waals surface area contributed by atoms with E-state index >= 15 is 0 Å². The first kappa shape index (κ1) is 37.3. The summed E-state index contributed by atoms with van der Waals surface area (Å²) in [4.78, 5) is 53.6. The number of amides is 3. The van der Waals surface area contributed by atoms with Crippen molar-refractivity contribution in [3.05, 3.63) is 59.0 Å². The molecule has 0 unspecified atom stereocenters. The maximum absolute atomic E-state index is 13.9. The van der Waals surface area contributed by atoms with E-state index in [2.05, 4.69) is 26.0 Å². The fraction of sp³-hybridized carbons (Fsp3) is 0.467. The predicted octanol–water partition coefficient (Wildman–Crippen LogP) is 2.64. The van der Waals surface area contributed by atoms with Gasteiger partial charge in [-0.3, -0.25) is 19.2 Å². The van der Waals surface area contributed by atoms with E-state index in [0.717, 1.165) is 8.61 Å². The zero-order chi connectivity index (χ0) is 36.4. The largest absolute Gasteiger partial charge is 0.480 e. The lowest BCUT2D eigenvalue weighted by Gasteiger charge is -2.30. The van der Waals surface area contributed by atoms with Crippen LogP contribution in [0.5, 0.6) is 0 Å². The normalized spacial score (nSPS) is 19.1. The lowest BCUT2D eigenvalue weighted by atomic mass is 10.0. The number of para-hydroxylation sites is 2. The number of sulfonamides is 2. The van der Waals surface area contributed by atoms with E-state index in [1.54, 1.807) is 0 Å². The van der Waals surface area contributed by atoms with Crippen molar-refractivity contribution < 1.29 is 41.1 Å². The van der Waals surface area contributed by atoms with Crippen LogP contribution in [-0.4, -0.2) is 90.5 Å². The number of rotatable bonds is 12. The van der Waals surface area contributed by atoms with Crippen molar-refractivity contribution in [1.82, 2.24) is 13.9 Å². The quantitative estimate of drug-likeness (QED) is 0.143. The van der Waals surface area contributed by atoms with Gasteiger partial charge in [-0.15, -0.1) is 0 Å². The van der Waals surface area contributed by atoms with Gasteiger partial charge in [-0.1, -0.05) is 29.4 Å². The van der Waals surface area contributed by atoms with Crippen LogP contribution in [0.25, 0.3) is 10.4 Å². The Morgan fingerprint density at radius 1 is 0.796 bits per heavy atom. The number of hydrogen-bond donors (Lipinski definition) is 4. The number of aliphatic carboxylic acids is 1. The van der Waals surface area contributed by atoms with Gasteiger partial charge in [0.1, 0.15) is 33.0 Å². The van der Waals surface area contributed by atoms with Gasteiger partial charge in [0.05, 0.1) is 11.4 Å². The molecule has 2 fully saturated rings. The average Bonchev–Trinajstić information content (AvgIpc) is 3.73. The number of nitrogens with zero attached hydrogens (tertiary/aromatic N) is 5. The van der Waals surface area contributed by atoms with Crippen LogP contribution < -0.4 is 16.0 Å². The van der Waals surface area contributed by atoms with Gasteiger partial charge in [0, 0.05) is 18.0 Å². The van der Waals surface area contributed by atoms with Crippen LogP contribution in [0.4, 0.5) is 11.4 Å². The van der Waals surface area contributed by atoms with Crippen LogP contribution in [-0.2, 0) is 39.2 Å². The highest BCUT2D eigenvalue weighted by Crippen LogP contribution is 2.33. The summed E-state index contributed by atoms with van der Waals surface area (Å²) < 4.78 is 56.7. The van der Waals surface area contributed by atoms with Gasteiger partial charge in [0.2, 0.25) is 37.8 Å². The molecule has 4 rings (SSSR count). The van der Waals surface area contributed by atoms with Gasteiger partial charge in [-0.25, -0.2) is 16.8 Å². The molecule has 17 nitrogen and oxygen atoms in total. The van der Waals surface area contributed by atoms with Crippen molar-refractivity contribution in [2.24, 2.45) is 5.11 Å².